The highest BCUT2D eigenvalue weighted by atomic mass is 32.2. The number of sulfonamides is 1. The van der Waals surface area contributed by atoms with E-state index in [0.717, 1.165) is 28.0 Å². The molecule has 0 aliphatic carbocycles. The Morgan fingerprint density at radius 2 is 1.61 bits per heavy atom. The van der Waals surface area contributed by atoms with Crippen molar-refractivity contribution < 1.29 is 13.2 Å². The molecule has 180 valence electrons. The third-order valence-corrected chi connectivity index (χ3v) is 7.08. The Kier molecular flexibility index (Phi) is 6.57. The topological polar surface area (TPSA) is 106 Å². The van der Waals surface area contributed by atoms with Gasteiger partial charge in [0.25, 0.3) is 5.91 Å². The second-order valence-corrected chi connectivity index (χ2v) is 9.92. The number of carbonyl (C=O) groups excluding carboxylic acids is 1. The van der Waals surface area contributed by atoms with Crippen LogP contribution in [0.5, 0.6) is 0 Å². The highest BCUT2D eigenvalue weighted by molar-refractivity contribution is 7.89. The van der Waals surface area contributed by atoms with Gasteiger partial charge in [-0.2, -0.15) is 0 Å². The fraction of sp³-hybridized carbons (Fsp3) is 0.0741. The van der Waals surface area contributed by atoms with E-state index in [9.17, 15) is 13.2 Å². The number of benzene rings is 3. The zero-order valence-electron chi connectivity index (χ0n) is 19.2. The first-order chi connectivity index (χ1) is 17.5. The summed E-state index contributed by atoms with van der Waals surface area (Å²) < 4.78 is 29.9. The van der Waals surface area contributed by atoms with Crippen molar-refractivity contribution in [3.8, 4) is 5.82 Å². The number of fused-ring (bicyclic) bond motifs is 1. The lowest BCUT2D eigenvalue weighted by atomic mass is 10.2. The van der Waals surface area contributed by atoms with Crippen LogP contribution in [0.25, 0.3) is 16.9 Å². The number of hydrogen-bond acceptors (Lipinski definition) is 5. The Labute approximate surface area is 208 Å². The standard InChI is InChI=1S/C27H23N5O3S/c33-27(22-9-6-10-23(15-22)36(34,35)31-18-20-7-2-1-3-8-20)29-17-21-13-14-26(28-16-21)32-19-30-24-11-4-5-12-25(24)32/h1-16,19,31H,17-18H2,(H,29,33). The lowest BCUT2D eigenvalue weighted by Gasteiger charge is -2.10. The normalized spacial score (nSPS) is 11.4. The Morgan fingerprint density at radius 1 is 0.806 bits per heavy atom. The molecule has 9 heteroatoms. The maximum atomic E-state index is 12.7. The van der Waals surface area contributed by atoms with Crippen molar-refractivity contribution >= 4 is 27.0 Å². The Morgan fingerprint density at radius 3 is 2.42 bits per heavy atom. The molecule has 3 aromatic carbocycles. The predicted octanol–water partition coefficient (Wildman–Crippen LogP) is 3.83. The van der Waals surface area contributed by atoms with Crippen LogP contribution < -0.4 is 10.0 Å². The van der Waals surface area contributed by atoms with Crippen LogP contribution in [-0.2, 0) is 23.1 Å². The van der Waals surface area contributed by atoms with Crippen LogP contribution in [0, 0.1) is 0 Å². The Bertz CT molecular complexity index is 1610. The summed E-state index contributed by atoms with van der Waals surface area (Å²) in [5.41, 5.74) is 3.75. The molecule has 0 saturated carbocycles. The number of para-hydroxylation sites is 2. The molecule has 0 aliphatic rings. The zero-order valence-corrected chi connectivity index (χ0v) is 20.0. The Balaban J connectivity index is 1.23. The van der Waals surface area contributed by atoms with E-state index >= 15 is 0 Å². The average molecular weight is 498 g/mol. The summed E-state index contributed by atoms with van der Waals surface area (Å²) >= 11 is 0. The second kappa shape index (κ2) is 10.1. The summed E-state index contributed by atoms with van der Waals surface area (Å²) in [7, 11) is -3.77. The summed E-state index contributed by atoms with van der Waals surface area (Å²) in [4.78, 5) is 21.6. The number of aromatic nitrogens is 3. The number of amides is 1. The minimum absolute atomic E-state index is 0.0321. The van der Waals surface area contributed by atoms with Gasteiger partial charge in [-0.3, -0.25) is 9.36 Å². The van der Waals surface area contributed by atoms with Gasteiger partial charge in [-0.15, -0.1) is 0 Å². The molecule has 5 aromatic rings. The van der Waals surface area contributed by atoms with Crippen molar-refractivity contribution in [2.75, 3.05) is 0 Å². The maximum Gasteiger partial charge on any atom is 0.251 e. The van der Waals surface area contributed by atoms with Crippen LogP contribution in [0.2, 0.25) is 0 Å². The summed E-state index contributed by atoms with van der Waals surface area (Å²) in [6, 6.07) is 26.7. The minimum Gasteiger partial charge on any atom is -0.348 e. The largest absolute Gasteiger partial charge is 0.348 e. The Hall–Kier alpha value is -4.34. The number of nitrogens with one attached hydrogen (secondary N) is 2. The predicted molar refractivity (Wildman–Crippen MR) is 137 cm³/mol. The van der Waals surface area contributed by atoms with Crippen LogP contribution in [0.4, 0.5) is 0 Å². The smallest absolute Gasteiger partial charge is 0.251 e. The van der Waals surface area contributed by atoms with Gasteiger partial charge in [0.1, 0.15) is 12.1 Å². The van der Waals surface area contributed by atoms with Gasteiger partial charge in [0.2, 0.25) is 10.0 Å². The summed E-state index contributed by atoms with van der Waals surface area (Å²) in [5, 5.41) is 2.82. The molecule has 0 aliphatic heterocycles. The van der Waals surface area contributed by atoms with E-state index in [1.807, 2.05) is 71.3 Å². The molecular formula is C27H23N5O3S. The van der Waals surface area contributed by atoms with Crippen LogP contribution in [0.15, 0.2) is 108 Å². The molecule has 2 heterocycles. The van der Waals surface area contributed by atoms with Gasteiger partial charge in [0, 0.05) is 24.8 Å². The van der Waals surface area contributed by atoms with Crippen LogP contribution in [0.3, 0.4) is 0 Å². The fourth-order valence-corrected chi connectivity index (χ4v) is 4.82. The van der Waals surface area contributed by atoms with E-state index in [-0.39, 0.29) is 29.5 Å². The van der Waals surface area contributed by atoms with E-state index in [0.29, 0.717) is 0 Å². The van der Waals surface area contributed by atoms with Crippen molar-refractivity contribution in [1.82, 2.24) is 24.6 Å². The van der Waals surface area contributed by atoms with E-state index in [1.54, 1.807) is 24.7 Å². The van der Waals surface area contributed by atoms with Gasteiger partial charge in [-0.05, 0) is 47.5 Å². The number of hydrogen-bond donors (Lipinski definition) is 2. The van der Waals surface area contributed by atoms with Gasteiger partial charge in [0.05, 0.1) is 15.9 Å². The third-order valence-electron chi connectivity index (χ3n) is 5.68. The van der Waals surface area contributed by atoms with Crippen molar-refractivity contribution in [2.45, 2.75) is 18.0 Å². The van der Waals surface area contributed by atoms with Gasteiger partial charge in [-0.1, -0.05) is 54.6 Å². The SMILES string of the molecule is O=C(NCc1ccc(-n2cnc3ccccc32)nc1)c1cccc(S(=O)(=O)NCc2ccccc2)c1. The van der Waals surface area contributed by atoms with Crippen LogP contribution >= 0.6 is 0 Å². The number of pyridine rings is 1. The van der Waals surface area contributed by atoms with E-state index in [4.69, 9.17) is 0 Å². The quantitative estimate of drug-likeness (QED) is 0.339. The molecule has 0 bridgehead atoms. The highest BCUT2D eigenvalue weighted by Crippen LogP contribution is 2.17. The van der Waals surface area contributed by atoms with Crippen LogP contribution in [-0.4, -0.2) is 28.9 Å². The summed E-state index contributed by atoms with van der Waals surface area (Å²) in [6.45, 7) is 0.414. The molecule has 0 atom stereocenters. The molecule has 8 nitrogen and oxygen atoms in total. The number of rotatable bonds is 8. The first-order valence-electron chi connectivity index (χ1n) is 11.3. The van der Waals surface area contributed by atoms with Gasteiger partial charge >= 0.3 is 0 Å². The lowest BCUT2D eigenvalue weighted by Crippen LogP contribution is -2.25. The summed E-state index contributed by atoms with van der Waals surface area (Å²) in [6.07, 6.45) is 3.42. The minimum atomic E-state index is -3.77. The molecule has 0 spiro atoms. The lowest BCUT2D eigenvalue weighted by molar-refractivity contribution is 0.0950. The molecule has 2 N–H and O–H groups in total. The molecular weight excluding hydrogens is 474 g/mol. The average Bonchev–Trinajstić information content (AvgIpc) is 3.36. The van der Waals surface area contributed by atoms with E-state index in [2.05, 4.69) is 20.0 Å². The number of carbonyl (C=O) groups is 1. The first-order valence-corrected chi connectivity index (χ1v) is 12.8. The molecule has 5 rings (SSSR count). The second-order valence-electron chi connectivity index (χ2n) is 8.15. The van der Waals surface area contributed by atoms with Crippen molar-refractivity contribution in [3.63, 3.8) is 0 Å². The van der Waals surface area contributed by atoms with E-state index < -0.39 is 10.0 Å². The highest BCUT2D eigenvalue weighted by Gasteiger charge is 2.16. The number of imidazole rings is 1. The molecule has 1 amide bonds. The number of nitrogens with zero attached hydrogens (tertiary/aromatic N) is 3. The fourth-order valence-electron chi connectivity index (χ4n) is 3.75. The van der Waals surface area contributed by atoms with Gasteiger partial charge < -0.3 is 5.32 Å². The first kappa shape index (κ1) is 23.4. The molecule has 0 fully saturated rings. The molecule has 0 unspecified atom stereocenters. The van der Waals surface area contributed by atoms with Gasteiger partial charge in [-0.25, -0.2) is 23.1 Å². The molecule has 2 aromatic heterocycles. The molecule has 0 radical (unpaired) electrons. The van der Waals surface area contributed by atoms with Gasteiger partial charge in [0.15, 0.2) is 0 Å². The third kappa shape index (κ3) is 5.17. The van der Waals surface area contributed by atoms with Crippen molar-refractivity contribution in [1.29, 1.82) is 0 Å². The monoisotopic (exact) mass is 497 g/mol. The van der Waals surface area contributed by atoms with Crippen molar-refractivity contribution in [2.24, 2.45) is 0 Å². The maximum absolute atomic E-state index is 12.7. The zero-order chi connectivity index (χ0) is 25.0. The molecule has 36 heavy (non-hydrogen) atoms. The molecule has 0 saturated heterocycles. The van der Waals surface area contributed by atoms with Crippen molar-refractivity contribution in [3.05, 3.63) is 120 Å². The summed E-state index contributed by atoms with van der Waals surface area (Å²) in [5.74, 6) is 0.347. The van der Waals surface area contributed by atoms with E-state index in [1.165, 1.54) is 12.1 Å². The van der Waals surface area contributed by atoms with Crippen LogP contribution in [0.1, 0.15) is 21.5 Å².